The first-order valence-electron chi connectivity index (χ1n) is 6.15. The van der Waals surface area contributed by atoms with Crippen LogP contribution in [0.2, 0.25) is 5.15 Å². The van der Waals surface area contributed by atoms with Crippen molar-refractivity contribution in [3.8, 4) is 0 Å². The molecule has 1 unspecified atom stereocenters. The van der Waals surface area contributed by atoms with Gasteiger partial charge in [-0.2, -0.15) is 5.10 Å². The SMILES string of the molecule is Cc1cc(C(Cc2c(C)nn(C)c2Cl)NN)sc1C. The Morgan fingerprint density at radius 2 is 2.16 bits per heavy atom. The molecule has 2 aromatic rings. The normalized spacial score (nSPS) is 12.9. The highest BCUT2D eigenvalue weighted by molar-refractivity contribution is 7.12. The standard InChI is InChI=1S/C13H19ClN4S/c1-7-5-12(19-9(7)3)11(16-15)6-10-8(2)17-18(4)13(10)14/h5,11,16H,6,15H2,1-4H3. The first-order valence-corrected chi connectivity index (χ1v) is 7.34. The van der Waals surface area contributed by atoms with E-state index in [2.05, 4.69) is 30.4 Å². The smallest absolute Gasteiger partial charge is 0.130 e. The van der Waals surface area contributed by atoms with Crippen LogP contribution < -0.4 is 11.3 Å². The van der Waals surface area contributed by atoms with Crippen LogP contribution in [-0.2, 0) is 13.5 Å². The van der Waals surface area contributed by atoms with Crippen LogP contribution in [0.15, 0.2) is 6.07 Å². The monoisotopic (exact) mass is 298 g/mol. The molecular formula is C13H19ClN4S. The summed E-state index contributed by atoms with van der Waals surface area (Å²) in [7, 11) is 1.85. The third kappa shape index (κ3) is 2.84. The van der Waals surface area contributed by atoms with E-state index < -0.39 is 0 Å². The summed E-state index contributed by atoms with van der Waals surface area (Å²) in [5, 5.41) is 5.02. The third-order valence-corrected chi connectivity index (χ3v) is 5.15. The Labute approximate surface area is 122 Å². The van der Waals surface area contributed by atoms with Crippen LogP contribution in [0.1, 0.15) is 32.6 Å². The molecule has 0 fully saturated rings. The number of halogens is 1. The van der Waals surface area contributed by atoms with E-state index >= 15 is 0 Å². The van der Waals surface area contributed by atoms with Gasteiger partial charge in [0, 0.05) is 22.4 Å². The minimum atomic E-state index is 0.0674. The summed E-state index contributed by atoms with van der Waals surface area (Å²) >= 11 is 8.05. The molecule has 2 heterocycles. The minimum Gasteiger partial charge on any atom is -0.271 e. The number of aryl methyl sites for hydroxylation is 4. The molecule has 0 saturated carbocycles. The van der Waals surface area contributed by atoms with Crippen molar-refractivity contribution in [3.63, 3.8) is 0 Å². The molecule has 0 bridgehead atoms. The van der Waals surface area contributed by atoms with Gasteiger partial charge in [-0.25, -0.2) is 0 Å². The Bertz CT molecular complexity index is 568. The van der Waals surface area contributed by atoms with Crippen LogP contribution in [0.3, 0.4) is 0 Å². The van der Waals surface area contributed by atoms with Gasteiger partial charge in [0.1, 0.15) is 5.15 Å². The molecule has 2 rings (SSSR count). The Balaban J connectivity index is 2.29. The zero-order valence-electron chi connectivity index (χ0n) is 11.6. The van der Waals surface area contributed by atoms with Crippen molar-refractivity contribution in [1.82, 2.24) is 15.2 Å². The molecule has 0 aliphatic heterocycles. The van der Waals surface area contributed by atoms with Gasteiger partial charge in [0.25, 0.3) is 0 Å². The van der Waals surface area contributed by atoms with E-state index in [0.717, 1.165) is 17.7 Å². The summed E-state index contributed by atoms with van der Waals surface area (Å²) in [5.74, 6) is 5.71. The highest BCUT2D eigenvalue weighted by atomic mass is 35.5. The average Bonchev–Trinajstić information content (AvgIpc) is 2.80. The molecule has 6 heteroatoms. The van der Waals surface area contributed by atoms with Crippen molar-refractivity contribution < 1.29 is 0 Å². The van der Waals surface area contributed by atoms with Gasteiger partial charge in [-0.3, -0.25) is 16.0 Å². The molecule has 0 spiro atoms. The van der Waals surface area contributed by atoms with E-state index in [1.165, 1.54) is 15.3 Å². The van der Waals surface area contributed by atoms with Crippen molar-refractivity contribution in [3.05, 3.63) is 37.8 Å². The van der Waals surface area contributed by atoms with Crippen LogP contribution in [0.25, 0.3) is 0 Å². The number of nitrogens with zero attached hydrogens (tertiary/aromatic N) is 2. The number of nitrogens with two attached hydrogens (primary N) is 1. The van der Waals surface area contributed by atoms with Gasteiger partial charge in [0.2, 0.25) is 0 Å². The quantitative estimate of drug-likeness (QED) is 0.674. The van der Waals surface area contributed by atoms with E-state index in [1.807, 2.05) is 14.0 Å². The lowest BCUT2D eigenvalue weighted by atomic mass is 10.1. The number of thiophene rings is 1. The van der Waals surface area contributed by atoms with Gasteiger partial charge in [-0.1, -0.05) is 11.6 Å². The molecule has 0 aliphatic rings. The average molecular weight is 299 g/mol. The maximum absolute atomic E-state index is 6.27. The van der Waals surface area contributed by atoms with E-state index in [0.29, 0.717) is 5.15 Å². The number of hydrazine groups is 1. The van der Waals surface area contributed by atoms with Gasteiger partial charge >= 0.3 is 0 Å². The lowest BCUT2D eigenvalue weighted by Crippen LogP contribution is -2.29. The molecular weight excluding hydrogens is 280 g/mol. The second-order valence-corrected chi connectivity index (χ2v) is 6.44. The number of nitrogens with one attached hydrogen (secondary N) is 1. The van der Waals surface area contributed by atoms with Crippen LogP contribution in [-0.4, -0.2) is 9.78 Å². The van der Waals surface area contributed by atoms with Crippen LogP contribution >= 0.6 is 22.9 Å². The molecule has 0 aromatic carbocycles. The van der Waals surface area contributed by atoms with Crippen molar-refractivity contribution in [2.75, 3.05) is 0 Å². The van der Waals surface area contributed by atoms with E-state index in [4.69, 9.17) is 17.4 Å². The van der Waals surface area contributed by atoms with Gasteiger partial charge in [0.15, 0.2) is 0 Å². The maximum atomic E-state index is 6.27. The largest absolute Gasteiger partial charge is 0.271 e. The summed E-state index contributed by atoms with van der Waals surface area (Å²) in [6.07, 6.45) is 0.744. The second kappa shape index (κ2) is 5.63. The summed E-state index contributed by atoms with van der Waals surface area (Å²) < 4.78 is 1.70. The fourth-order valence-electron chi connectivity index (χ4n) is 2.13. The van der Waals surface area contributed by atoms with Crippen molar-refractivity contribution in [2.45, 2.75) is 33.2 Å². The maximum Gasteiger partial charge on any atom is 0.130 e. The molecule has 3 N–H and O–H groups in total. The molecule has 4 nitrogen and oxygen atoms in total. The Kier molecular flexibility index (Phi) is 4.30. The number of hydrogen-bond acceptors (Lipinski definition) is 4. The molecule has 0 amide bonds. The molecule has 1 atom stereocenters. The van der Waals surface area contributed by atoms with Crippen LogP contribution in [0, 0.1) is 20.8 Å². The Morgan fingerprint density at radius 3 is 2.58 bits per heavy atom. The first kappa shape index (κ1) is 14.5. The highest BCUT2D eigenvalue weighted by Crippen LogP contribution is 2.30. The Hall–Kier alpha value is -0.880. The summed E-state index contributed by atoms with van der Waals surface area (Å²) in [6.45, 7) is 6.21. The highest BCUT2D eigenvalue weighted by Gasteiger charge is 2.19. The van der Waals surface area contributed by atoms with E-state index in [1.54, 1.807) is 16.0 Å². The summed E-state index contributed by atoms with van der Waals surface area (Å²) in [4.78, 5) is 2.56. The lowest BCUT2D eigenvalue weighted by molar-refractivity contribution is 0.559. The van der Waals surface area contributed by atoms with Crippen LogP contribution in [0.5, 0.6) is 0 Å². The molecule has 0 radical (unpaired) electrons. The fraction of sp³-hybridized carbons (Fsp3) is 0.462. The van der Waals surface area contributed by atoms with Gasteiger partial charge in [0.05, 0.1) is 11.7 Å². The number of hydrogen-bond donors (Lipinski definition) is 2. The Morgan fingerprint density at radius 1 is 1.47 bits per heavy atom. The lowest BCUT2D eigenvalue weighted by Gasteiger charge is -2.14. The topological polar surface area (TPSA) is 55.9 Å². The molecule has 2 aromatic heterocycles. The number of aromatic nitrogens is 2. The number of rotatable bonds is 4. The predicted octanol–water partition coefficient (Wildman–Crippen LogP) is 2.81. The van der Waals surface area contributed by atoms with Gasteiger partial charge < -0.3 is 0 Å². The van der Waals surface area contributed by atoms with E-state index in [-0.39, 0.29) is 6.04 Å². The summed E-state index contributed by atoms with van der Waals surface area (Å²) in [6, 6.07) is 2.25. The predicted molar refractivity (Wildman–Crippen MR) is 80.5 cm³/mol. The molecule has 0 aliphatic carbocycles. The zero-order chi connectivity index (χ0) is 14.2. The molecule has 19 heavy (non-hydrogen) atoms. The third-order valence-electron chi connectivity index (χ3n) is 3.41. The second-order valence-electron chi connectivity index (χ2n) is 4.79. The van der Waals surface area contributed by atoms with Gasteiger partial charge in [-0.15, -0.1) is 11.3 Å². The van der Waals surface area contributed by atoms with Crippen molar-refractivity contribution >= 4 is 22.9 Å². The minimum absolute atomic E-state index is 0.0674. The molecule has 104 valence electrons. The summed E-state index contributed by atoms with van der Waals surface area (Å²) in [5.41, 5.74) is 6.19. The molecule has 0 saturated heterocycles. The zero-order valence-corrected chi connectivity index (χ0v) is 13.2. The van der Waals surface area contributed by atoms with Crippen LogP contribution in [0.4, 0.5) is 0 Å². The van der Waals surface area contributed by atoms with Crippen molar-refractivity contribution in [2.24, 2.45) is 12.9 Å². The van der Waals surface area contributed by atoms with Gasteiger partial charge in [-0.05, 0) is 38.8 Å². The van der Waals surface area contributed by atoms with Crippen molar-refractivity contribution in [1.29, 1.82) is 0 Å². The first-order chi connectivity index (χ1) is 8.93. The van der Waals surface area contributed by atoms with E-state index in [9.17, 15) is 0 Å². The fourth-order valence-corrected chi connectivity index (χ4v) is 3.48.